The summed E-state index contributed by atoms with van der Waals surface area (Å²) < 4.78 is 0. The average Bonchev–Trinajstić information content (AvgIpc) is 2.66. The summed E-state index contributed by atoms with van der Waals surface area (Å²) in [6, 6.07) is 26.3. The monoisotopic (exact) mass is 378 g/mol. The third kappa shape index (κ3) is 5.73. The molecule has 3 aromatic rings. The average molecular weight is 379 g/mol. The first kappa shape index (κ1) is 20.8. The minimum atomic E-state index is -0.995. The molecule has 3 heteroatoms. The highest BCUT2D eigenvalue weighted by molar-refractivity contribution is 7.97. The number of carboxylic acids is 1. The molecule has 0 saturated carbocycles. The summed E-state index contributed by atoms with van der Waals surface area (Å²) in [5, 5.41) is 9.26. The molecule has 0 amide bonds. The molecule has 0 aliphatic heterocycles. The molecule has 27 heavy (non-hydrogen) atoms. The molecule has 0 bridgehead atoms. The van der Waals surface area contributed by atoms with Crippen molar-refractivity contribution in [2.24, 2.45) is 0 Å². The van der Waals surface area contributed by atoms with E-state index in [2.05, 4.69) is 93.6 Å². The number of aliphatic carboxylic acids is 1. The summed E-state index contributed by atoms with van der Waals surface area (Å²) in [7, 11) is -0.0460. The third-order valence-electron chi connectivity index (χ3n) is 4.06. The van der Waals surface area contributed by atoms with E-state index < -0.39 is 5.97 Å². The van der Waals surface area contributed by atoms with Crippen molar-refractivity contribution in [3.8, 4) is 0 Å². The summed E-state index contributed by atoms with van der Waals surface area (Å²) in [5.74, 6) is -0.995. The normalized spacial score (nSPS) is 10.3. The van der Waals surface area contributed by atoms with Gasteiger partial charge in [-0.2, -0.15) is 0 Å². The first-order valence-electron chi connectivity index (χ1n) is 9.06. The van der Waals surface area contributed by atoms with Crippen molar-refractivity contribution in [3.05, 3.63) is 89.5 Å². The van der Waals surface area contributed by atoms with Crippen LogP contribution < -0.4 is 5.11 Å². The van der Waals surface area contributed by atoms with Gasteiger partial charge in [-0.1, -0.05) is 61.0 Å². The Hall–Kier alpha value is -2.52. The number of rotatable bonds is 4. The van der Waals surface area contributed by atoms with Crippen molar-refractivity contribution in [3.63, 3.8) is 0 Å². The molecule has 3 rings (SSSR count). The Morgan fingerprint density at radius 3 is 1.52 bits per heavy atom. The minimum Gasteiger partial charge on any atom is -0.550 e. The second-order valence-electron chi connectivity index (χ2n) is 6.39. The van der Waals surface area contributed by atoms with Gasteiger partial charge in [0.1, 0.15) is 0 Å². The quantitative estimate of drug-likeness (QED) is 0.609. The van der Waals surface area contributed by atoms with E-state index in [9.17, 15) is 9.90 Å². The van der Waals surface area contributed by atoms with Crippen molar-refractivity contribution >= 4 is 16.9 Å². The maximum atomic E-state index is 9.26. The van der Waals surface area contributed by atoms with E-state index in [0.29, 0.717) is 0 Å². The molecule has 0 spiro atoms. The molecule has 0 heterocycles. The van der Waals surface area contributed by atoms with Gasteiger partial charge in [-0.15, -0.1) is 0 Å². The summed E-state index contributed by atoms with van der Waals surface area (Å²) in [6.07, 6.45) is 0.111. The lowest BCUT2D eigenvalue weighted by Crippen LogP contribution is -2.19. The van der Waals surface area contributed by atoms with Crippen LogP contribution in [0.1, 0.15) is 30.0 Å². The lowest BCUT2D eigenvalue weighted by molar-refractivity contribution is -0.305. The first-order chi connectivity index (χ1) is 12.9. The van der Waals surface area contributed by atoms with E-state index in [1.807, 2.05) is 0 Å². The highest BCUT2D eigenvalue weighted by Crippen LogP contribution is 2.35. The van der Waals surface area contributed by atoms with Gasteiger partial charge in [-0.25, -0.2) is 0 Å². The topological polar surface area (TPSA) is 40.1 Å². The number of aryl methyl sites for hydroxylation is 3. The SMILES string of the molecule is CCC(=O)[O-].Cc1cc(C)c([S+](c2ccccc2)c2ccccc2)c(C)c1. The Balaban J connectivity index is 0.000000465. The highest BCUT2D eigenvalue weighted by Gasteiger charge is 2.31. The Labute approximate surface area is 165 Å². The standard InChI is InChI=1S/C21H21S.C3H6O2/c1-16-14-17(2)21(18(3)15-16)22(19-10-6-4-7-11-19)20-12-8-5-9-13-20;1-2-3(4)5/h4-15H,1-3H3;2H2,1H3,(H,4,5)/q+1;/p-1. The molecule has 0 fully saturated rings. The van der Waals surface area contributed by atoms with Crippen LogP contribution in [0, 0.1) is 20.8 Å². The van der Waals surface area contributed by atoms with Crippen LogP contribution in [0.4, 0.5) is 0 Å². The fourth-order valence-electron chi connectivity index (χ4n) is 2.97. The molecule has 140 valence electrons. The number of benzene rings is 3. The van der Waals surface area contributed by atoms with Gasteiger partial charge >= 0.3 is 0 Å². The molecule has 0 saturated heterocycles. The van der Waals surface area contributed by atoms with E-state index in [0.717, 1.165) is 0 Å². The van der Waals surface area contributed by atoms with Crippen molar-refractivity contribution in [2.75, 3.05) is 0 Å². The van der Waals surface area contributed by atoms with Crippen molar-refractivity contribution in [2.45, 2.75) is 48.8 Å². The Morgan fingerprint density at radius 2 is 1.19 bits per heavy atom. The first-order valence-corrected chi connectivity index (χ1v) is 10.3. The zero-order chi connectivity index (χ0) is 19.8. The number of carbonyl (C=O) groups is 1. The molecular formula is C24H26O2S. The van der Waals surface area contributed by atoms with Gasteiger partial charge < -0.3 is 9.90 Å². The Bertz CT molecular complexity index is 811. The van der Waals surface area contributed by atoms with Gasteiger partial charge in [-0.05, 0) is 51.5 Å². The maximum Gasteiger partial charge on any atom is 0.172 e. The molecule has 0 atom stereocenters. The lowest BCUT2D eigenvalue weighted by Gasteiger charge is -2.13. The smallest absolute Gasteiger partial charge is 0.172 e. The second kappa shape index (κ2) is 9.98. The van der Waals surface area contributed by atoms with Crippen LogP contribution in [0.3, 0.4) is 0 Å². The Kier molecular flexibility index (Phi) is 7.68. The van der Waals surface area contributed by atoms with Crippen molar-refractivity contribution < 1.29 is 9.90 Å². The Morgan fingerprint density at radius 1 is 0.815 bits per heavy atom. The third-order valence-corrected chi connectivity index (χ3v) is 6.59. The summed E-state index contributed by atoms with van der Waals surface area (Å²) in [4.78, 5) is 13.5. The molecule has 0 radical (unpaired) electrons. The molecule has 0 unspecified atom stereocenters. The number of carbonyl (C=O) groups excluding carboxylic acids is 1. The predicted octanol–water partition coefficient (Wildman–Crippen LogP) is 4.85. The molecular weight excluding hydrogens is 352 g/mol. The number of hydrogen-bond donors (Lipinski definition) is 0. The lowest BCUT2D eigenvalue weighted by atomic mass is 10.1. The van der Waals surface area contributed by atoms with Crippen LogP contribution in [0.5, 0.6) is 0 Å². The van der Waals surface area contributed by atoms with E-state index in [1.165, 1.54) is 38.3 Å². The maximum absolute atomic E-state index is 9.26. The van der Waals surface area contributed by atoms with Gasteiger partial charge in [-0.3, -0.25) is 0 Å². The largest absolute Gasteiger partial charge is 0.550 e. The van der Waals surface area contributed by atoms with E-state index in [1.54, 1.807) is 0 Å². The van der Waals surface area contributed by atoms with Crippen LogP contribution in [0.25, 0.3) is 0 Å². The van der Waals surface area contributed by atoms with Crippen LogP contribution >= 0.6 is 0 Å². The molecule has 3 aromatic carbocycles. The minimum absolute atomic E-state index is 0.0460. The predicted molar refractivity (Wildman–Crippen MR) is 111 cm³/mol. The summed E-state index contributed by atoms with van der Waals surface area (Å²) in [5.41, 5.74) is 4.10. The summed E-state index contributed by atoms with van der Waals surface area (Å²) in [6.45, 7) is 8.19. The number of carboxylic acid groups (broad SMARTS) is 1. The van der Waals surface area contributed by atoms with Gasteiger partial charge in [0.15, 0.2) is 14.7 Å². The highest BCUT2D eigenvalue weighted by atomic mass is 32.2. The van der Waals surface area contributed by atoms with Crippen molar-refractivity contribution in [1.29, 1.82) is 0 Å². The molecule has 0 aliphatic rings. The van der Waals surface area contributed by atoms with Crippen LogP contribution in [-0.2, 0) is 15.7 Å². The molecule has 0 aliphatic carbocycles. The molecule has 0 N–H and O–H groups in total. The van der Waals surface area contributed by atoms with Crippen LogP contribution in [-0.4, -0.2) is 5.97 Å². The van der Waals surface area contributed by atoms with Crippen LogP contribution in [0.15, 0.2) is 87.5 Å². The second-order valence-corrected chi connectivity index (χ2v) is 8.35. The summed E-state index contributed by atoms with van der Waals surface area (Å²) >= 11 is 0. The van der Waals surface area contributed by atoms with E-state index in [-0.39, 0.29) is 17.3 Å². The van der Waals surface area contributed by atoms with Gasteiger partial charge in [0.25, 0.3) is 0 Å². The fourth-order valence-corrected chi connectivity index (χ4v) is 5.34. The fraction of sp³-hybridized carbons (Fsp3) is 0.208. The van der Waals surface area contributed by atoms with Crippen molar-refractivity contribution in [1.82, 2.24) is 0 Å². The van der Waals surface area contributed by atoms with Crippen LogP contribution in [0.2, 0.25) is 0 Å². The zero-order valence-corrected chi connectivity index (χ0v) is 17.2. The molecule has 0 aromatic heterocycles. The number of hydrogen-bond acceptors (Lipinski definition) is 2. The van der Waals surface area contributed by atoms with E-state index in [4.69, 9.17) is 0 Å². The zero-order valence-electron chi connectivity index (χ0n) is 16.4. The van der Waals surface area contributed by atoms with Gasteiger partial charge in [0, 0.05) is 17.1 Å². The van der Waals surface area contributed by atoms with Gasteiger partial charge in [0.2, 0.25) is 0 Å². The molecule has 2 nitrogen and oxygen atoms in total. The van der Waals surface area contributed by atoms with E-state index >= 15 is 0 Å². The van der Waals surface area contributed by atoms with Gasteiger partial charge in [0.05, 0.1) is 10.9 Å².